The normalized spacial score (nSPS) is 21.2. The first kappa shape index (κ1) is 18.9. The molecule has 1 unspecified atom stereocenters. The maximum absolute atomic E-state index is 12.3. The summed E-state index contributed by atoms with van der Waals surface area (Å²) >= 11 is 7.96. The molecule has 3 nitrogen and oxygen atoms in total. The van der Waals surface area contributed by atoms with E-state index in [9.17, 15) is 4.79 Å². The van der Waals surface area contributed by atoms with Gasteiger partial charge in [0, 0.05) is 22.1 Å². The highest BCUT2D eigenvalue weighted by Crippen LogP contribution is 2.37. The molecule has 0 bridgehead atoms. The van der Waals surface area contributed by atoms with Crippen LogP contribution < -0.4 is 10.6 Å². The summed E-state index contributed by atoms with van der Waals surface area (Å²) in [5.41, 5.74) is 1.18. The number of benzene rings is 1. The number of halogens is 2. The van der Waals surface area contributed by atoms with E-state index in [2.05, 4.69) is 16.7 Å². The van der Waals surface area contributed by atoms with Gasteiger partial charge in [0.1, 0.15) is 0 Å². The van der Waals surface area contributed by atoms with E-state index in [-0.39, 0.29) is 24.4 Å². The predicted octanol–water partition coefficient (Wildman–Crippen LogP) is 4.19. The van der Waals surface area contributed by atoms with Crippen LogP contribution in [0, 0.1) is 5.92 Å². The Morgan fingerprint density at radius 3 is 2.87 bits per heavy atom. The van der Waals surface area contributed by atoms with Crippen LogP contribution in [-0.4, -0.2) is 24.7 Å². The van der Waals surface area contributed by atoms with Crippen molar-refractivity contribution < 1.29 is 4.79 Å². The lowest BCUT2D eigenvalue weighted by atomic mass is 9.93. The summed E-state index contributed by atoms with van der Waals surface area (Å²) in [6.07, 6.45) is 5.04. The van der Waals surface area contributed by atoms with Crippen LogP contribution in [-0.2, 0) is 4.79 Å². The molecule has 1 aromatic carbocycles. The van der Waals surface area contributed by atoms with Gasteiger partial charge in [-0.1, -0.05) is 11.6 Å². The number of carbonyl (C=O) groups excluding carboxylic acids is 1. The lowest BCUT2D eigenvalue weighted by Crippen LogP contribution is -2.32. The number of fused-ring (bicyclic) bond motifs is 1. The fourth-order valence-corrected chi connectivity index (χ4v) is 4.57. The molecule has 128 valence electrons. The van der Waals surface area contributed by atoms with Crippen molar-refractivity contribution in [3.63, 3.8) is 0 Å². The zero-order valence-electron chi connectivity index (χ0n) is 13.1. The lowest BCUT2D eigenvalue weighted by molar-refractivity contribution is -0.122. The zero-order chi connectivity index (χ0) is 15.4. The molecule has 0 radical (unpaired) electrons. The zero-order valence-corrected chi connectivity index (χ0v) is 15.5. The van der Waals surface area contributed by atoms with E-state index in [1.54, 1.807) is 0 Å². The molecule has 1 amide bonds. The molecule has 0 saturated carbocycles. The van der Waals surface area contributed by atoms with Crippen molar-refractivity contribution in [2.75, 3.05) is 18.8 Å². The van der Waals surface area contributed by atoms with Gasteiger partial charge in [0.05, 0.1) is 6.04 Å². The molecule has 0 aliphatic carbocycles. The van der Waals surface area contributed by atoms with Gasteiger partial charge in [-0.15, -0.1) is 24.2 Å². The molecule has 2 aliphatic heterocycles. The number of carbonyl (C=O) groups is 1. The highest BCUT2D eigenvalue weighted by Gasteiger charge is 2.23. The monoisotopic (exact) mass is 374 g/mol. The maximum Gasteiger partial charge on any atom is 0.220 e. The van der Waals surface area contributed by atoms with Crippen LogP contribution in [0.1, 0.15) is 43.7 Å². The van der Waals surface area contributed by atoms with Crippen molar-refractivity contribution in [2.45, 2.75) is 43.0 Å². The number of piperidine rings is 1. The third-order valence-electron chi connectivity index (χ3n) is 4.58. The number of amides is 1. The standard InChI is InChI=1S/C17H23ClN2OS.ClH/c18-13-2-3-16-14(11-13)15(7-10-22-16)20-17(21)4-1-12-5-8-19-9-6-12;/h2-3,11-12,15,19H,1,4-10H2,(H,20,21);1H. The van der Waals surface area contributed by atoms with Crippen molar-refractivity contribution in [3.8, 4) is 0 Å². The molecule has 1 fully saturated rings. The van der Waals surface area contributed by atoms with E-state index in [1.807, 2.05) is 23.9 Å². The predicted molar refractivity (Wildman–Crippen MR) is 99.8 cm³/mol. The summed E-state index contributed by atoms with van der Waals surface area (Å²) in [6.45, 7) is 2.19. The lowest BCUT2D eigenvalue weighted by Gasteiger charge is -2.27. The van der Waals surface area contributed by atoms with Gasteiger partial charge in [0.15, 0.2) is 0 Å². The minimum Gasteiger partial charge on any atom is -0.349 e. The Balaban J connectivity index is 0.00000192. The van der Waals surface area contributed by atoms with Crippen molar-refractivity contribution in [2.24, 2.45) is 5.92 Å². The maximum atomic E-state index is 12.3. The van der Waals surface area contributed by atoms with Crippen LogP contribution in [0.5, 0.6) is 0 Å². The summed E-state index contributed by atoms with van der Waals surface area (Å²) in [5, 5.41) is 7.33. The molecular weight excluding hydrogens is 351 g/mol. The van der Waals surface area contributed by atoms with Gasteiger partial charge in [0.2, 0.25) is 5.91 Å². The van der Waals surface area contributed by atoms with Crippen LogP contribution in [0.15, 0.2) is 23.1 Å². The molecule has 6 heteroatoms. The summed E-state index contributed by atoms with van der Waals surface area (Å²) < 4.78 is 0. The molecular formula is C17H24Cl2N2OS. The molecule has 2 N–H and O–H groups in total. The average molecular weight is 375 g/mol. The van der Waals surface area contributed by atoms with E-state index < -0.39 is 0 Å². The average Bonchev–Trinajstić information content (AvgIpc) is 2.54. The summed E-state index contributed by atoms with van der Waals surface area (Å²) in [6, 6.07) is 6.11. The molecule has 2 aliphatic rings. The Kier molecular flexibility index (Phi) is 7.54. The molecule has 0 spiro atoms. The summed E-state index contributed by atoms with van der Waals surface area (Å²) in [5.74, 6) is 1.94. The first-order valence-corrected chi connectivity index (χ1v) is 9.51. The van der Waals surface area contributed by atoms with Crippen LogP contribution in [0.4, 0.5) is 0 Å². The third kappa shape index (κ3) is 5.28. The van der Waals surface area contributed by atoms with Crippen molar-refractivity contribution in [3.05, 3.63) is 28.8 Å². The first-order chi connectivity index (χ1) is 10.7. The van der Waals surface area contributed by atoms with E-state index in [0.29, 0.717) is 12.3 Å². The van der Waals surface area contributed by atoms with Crippen molar-refractivity contribution in [1.82, 2.24) is 10.6 Å². The van der Waals surface area contributed by atoms with Crippen LogP contribution >= 0.6 is 35.8 Å². The number of hydrogen-bond acceptors (Lipinski definition) is 3. The molecule has 1 aromatic rings. The largest absolute Gasteiger partial charge is 0.349 e. The molecule has 3 rings (SSSR count). The second-order valence-corrected chi connectivity index (χ2v) is 7.74. The Morgan fingerprint density at radius 2 is 2.09 bits per heavy atom. The molecule has 1 saturated heterocycles. The first-order valence-electron chi connectivity index (χ1n) is 8.14. The minimum atomic E-state index is 0. The molecule has 0 aromatic heterocycles. The van der Waals surface area contributed by atoms with Gasteiger partial charge in [0.25, 0.3) is 0 Å². The second kappa shape index (κ2) is 9.16. The number of nitrogens with one attached hydrogen (secondary N) is 2. The quantitative estimate of drug-likeness (QED) is 0.829. The Morgan fingerprint density at radius 1 is 1.30 bits per heavy atom. The van der Waals surface area contributed by atoms with Gasteiger partial charge in [-0.3, -0.25) is 4.79 Å². The van der Waals surface area contributed by atoms with Crippen LogP contribution in [0.25, 0.3) is 0 Å². The van der Waals surface area contributed by atoms with Crippen LogP contribution in [0.3, 0.4) is 0 Å². The Hall–Kier alpha value is -0.420. The van der Waals surface area contributed by atoms with E-state index in [0.717, 1.165) is 36.7 Å². The van der Waals surface area contributed by atoms with Gasteiger partial charge in [-0.25, -0.2) is 0 Å². The fraction of sp³-hybridized carbons (Fsp3) is 0.588. The minimum absolute atomic E-state index is 0. The van der Waals surface area contributed by atoms with Crippen molar-refractivity contribution in [1.29, 1.82) is 0 Å². The Labute approximate surface area is 153 Å². The Bertz CT molecular complexity index is 535. The van der Waals surface area contributed by atoms with Gasteiger partial charge in [-0.05, 0) is 68.5 Å². The molecule has 23 heavy (non-hydrogen) atoms. The van der Waals surface area contributed by atoms with Crippen LogP contribution in [0.2, 0.25) is 5.02 Å². The van der Waals surface area contributed by atoms with E-state index in [1.165, 1.54) is 23.3 Å². The number of hydrogen-bond donors (Lipinski definition) is 2. The topological polar surface area (TPSA) is 41.1 Å². The fourth-order valence-electron chi connectivity index (χ4n) is 3.29. The number of thioether (sulfide) groups is 1. The summed E-state index contributed by atoms with van der Waals surface area (Å²) in [4.78, 5) is 13.5. The highest BCUT2D eigenvalue weighted by atomic mass is 35.5. The van der Waals surface area contributed by atoms with E-state index in [4.69, 9.17) is 11.6 Å². The van der Waals surface area contributed by atoms with Gasteiger partial charge < -0.3 is 10.6 Å². The third-order valence-corrected chi connectivity index (χ3v) is 5.94. The van der Waals surface area contributed by atoms with Crippen molar-refractivity contribution >= 4 is 41.7 Å². The highest BCUT2D eigenvalue weighted by molar-refractivity contribution is 7.99. The molecule has 2 heterocycles. The molecule has 1 atom stereocenters. The second-order valence-electron chi connectivity index (χ2n) is 6.17. The number of rotatable bonds is 4. The summed E-state index contributed by atoms with van der Waals surface area (Å²) in [7, 11) is 0. The van der Waals surface area contributed by atoms with E-state index >= 15 is 0 Å². The SMILES string of the molecule is Cl.O=C(CCC1CCNCC1)NC1CCSc2ccc(Cl)cc21. The van der Waals surface area contributed by atoms with Gasteiger partial charge >= 0.3 is 0 Å². The van der Waals surface area contributed by atoms with Gasteiger partial charge in [-0.2, -0.15) is 0 Å². The smallest absolute Gasteiger partial charge is 0.220 e.